The lowest BCUT2D eigenvalue weighted by atomic mass is 10.0. The fraction of sp³-hybridized carbons (Fsp3) is 0.273. The molecule has 1 heterocycles. The van der Waals surface area contributed by atoms with Crippen molar-refractivity contribution >= 4 is 34.1 Å². The number of carbonyl (C=O) groups excluding carboxylic acids is 1. The molecule has 1 unspecified atom stereocenters. The summed E-state index contributed by atoms with van der Waals surface area (Å²) in [4.78, 5) is 29.8. The normalized spacial score (nSPS) is 14.6. The zero-order valence-corrected chi connectivity index (χ0v) is 16.7. The van der Waals surface area contributed by atoms with Gasteiger partial charge in [0.2, 0.25) is 0 Å². The minimum Gasteiger partial charge on any atom is -0.328 e. The van der Waals surface area contributed by atoms with E-state index in [4.69, 9.17) is 11.6 Å². The predicted octanol–water partition coefficient (Wildman–Crippen LogP) is 5.33. The number of fused-ring (bicyclic) bond motifs is 1. The molecule has 2 amide bonds. The second-order valence-corrected chi connectivity index (χ2v) is 7.86. The number of H-pyrrole nitrogens is 1. The van der Waals surface area contributed by atoms with E-state index in [1.165, 1.54) is 18.2 Å². The Morgan fingerprint density at radius 2 is 2.00 bits per heavy atom. The Morgan fingerprint density at radius 1 is 1.28 bits per heavy atom. The van der Waals surface area contributed by atoms with Crippen LogP contribution < -0.4 is 10.9 Å². The molecular formula is C22H21ClFN3O2. The zero-order chi connectivity index (χ0) is 20.5. The molecule has 1 aliphatic rings. The molecule has 1 fully saturated rings. The highest BCUT2D eigenvalue weighted by Crippen LogP contribution is 2.34. The number of urea groups is 1. The summed E-state index contributed by atoms with van der Waals surface area (Å²) in [6.07, 6.45) is 3.85. The van der Waals surface area contributed by atoms with Gasteiger partial charge in [-0.2, -0.15) is 0 Å². The van der Waals surface area contributed by atoms with Crippen LogP contribution in [0.2, 0.25) is 5.02 Å². The average molecular weight is 414 g/mol. The van der Waals surface area contributed by atoms with Gasteiger partial charge in [-0.25, -0.2) is 9.18 Å². The van der Waals surface area contributed by atoms with Crippen molar-refractivity contribution in [1.29, 1.82) is 0 Å². The first-order valence-electron chi connectivity index (χ1n) is 9.57. The maximum atomic E-state index is 13.4. The summed E-state index contributed by atoms with van der Waals surface area (Å²) in [7, 11) is 0. The third kappa shape index (κ3) is 4.12. The summed E-state index contributed by atoms with van der Waals surface area (Å²) in [6.45, 7) is 2.55. The number of benzene rings is 2. The second-order valence-electron chi connectivity index (χ2n) is 7.45. The molecule has 1 saturated carbocycles. The van der Waals surface area contributed by atoms with E-state index in [9.17, 15) is 14.0 Å². The number of nitrogens with zero attached hydrogens (tertiary/aromatic N) is 1. The molecule has 0 radical (unpaired) electrons. The van der Waals surface area contributed by atoms with Crippen molar-refractivity contribution < 1.29 is 9.18 Å². The predicted molar refractivity (Wildman–Crippen MR) is 113 cm³/mol. The van der Waals surface area contributed by atoms with Crippen molar-refractivity contribution in [2.45, 2.75) is 25.8 Å². The first kappa shape index (κ1) is 19.5. The van der Waals surface area contributed by atoms with Crippen molar-refractivity contribution in [2.75, 3.05) is 11.9 Å². The molecule has 1 aliphatic carbocycles. The second kappa shape index (κ2) is 7.87. The topological polar surface area (TPSA) is 65.2 Å². The fourth-order valence-corrected chi connectivity index (χ4v) is 3.69. The number of hydrogen-bond donors (Lipinski definition) is 2. The van der Waals surface area contributed by atoms with E-state index in [2.05, 4.69) is 10.3 Å². The first-order valence-corrected chi connectivity index (χ1v) is 9.95. The minimum atomic E-state index is -0.535. The summed E-state index contributed by atoms with van der Waals surface area (Å²) in [6, 6.07) is 10.9. The number of halogens is 2. The van der Waals surface area contributed by atoms with Gasteiger partial charge in [-0.05, 0) is 60.9 Å². The van der Waals surface area contributed by atoms with E-state index in [0.717, 1.165) is 23.8 Å². The molecule has 0 bridgehead atoms. The molecule has 2 N–H and O–H groups in total. The van der Waals surface area contributed by atoms with E-state index in [1.54, 1.807) is 17.2 Å². The number of hydrogen-bond acceptors (Lipinski definition) is 2. The van der Waals surface area contributed by atoms with E-state index in [1.807, 2.05) is 25.1 Å². The summed E-state index contributed by atoms with van der Waals surface area (Å²) >= 11 is 5.84. The van der Waals surface area contributed by atoms with Gasteiger partial charge < -0.3 is 15.2 Å². The smallest absolute Gasteiger partial charge is 0.322 e. The Balaban J connectivity index is 1.66. The molecule has 5 nitrogen and oxygen atoms in total. The summed E-state index contributed by atoms with van der Waals surface area (Å²) in [5, 5.41) is 4.19. The van der Waals surface area contributed by atoms with E-state index in [0.29, 0.717) is 23.5 Å². The van der Waals surface area contributed by atoms with Crippen LogP contribution in [0.15, 0.2) is 53.5 Å². The summed E-state index contributed by atoms with van der Waals surface area (Å²) < 4.78 is 13.4. The van der Waals surface area contributed by atoms with Crippen LogP contribution >= 0.6 is 11.6 Å². The monoisotopic (exact) mass is 413 g/mol. The number of rotatable bonds is 5. The molecular weight excluding hydrogens is 393 g/mol. The molecule has 29 heavy (non-hydrogen) atoms. The maximum Gasteiger partial charge on any atom is 0.322 e. The lowest BCUT2D eigenvalue weighted by molar-refractivity contribution is 0.190. The van der Waals surface area contributed by atoms with Gasteiger partial charge in [0.15, 0.2) is 0 Å². The van der Waals surface area contributed by atoms with Crippen molar-refractivity contribution in [3.05, 3.63) is 75.4 Å². The zero-order valence-electron chi connectivity index (χ0n) is 15.9. The van der Waals surface area contributed by atoms with Crippen LogP contribution in [0.4, 0.5) is 14.9 Å². The molecule has 3 aromatic rings. The largest absolute Gasteiger partial charge is 0.328 e. The Morgan fingerprint density at radius 3 is 2.69 bits per heavy atom. The van der Waals surface area contributed by atoms with Gasteiger partial charge in [0.25, 0.3) is 5.56 Å². The van der Waals surface area contributed by atoms with Crippen LogP contribution in [0.25, 0.3) is 10.8 Å². The molecule has 150 valence electrons. The number of aromatic nitrogens is 1. The van der Waals surface area contributed by atoms with Crippen LogP contribution in [-0.2, 0) is 0 Å². The van der Waals surface area contributed by atoms with Gasteiger partial charge in [0.1, 0.15) is 5.82 Å². The molecule has 1 aromatic heterocycles. The third-order valence-corrected chi connectivity index (χ3v) is 5.63. The molecule has 0 aliphatic heterocycles. The minimum absolute atomic E-state index is 0.0452. The molecule has 0 saturated heterocycles. The molecule has 1 atom stereocenters. The fourth-order valence-electron chi connectivity index (χ4n) is 3.51. The quantitative estimate of drug-likeness (QED) is 0.594. The number of carbonyl (C=O) groups is 1. The standard InChI is InChI=1S/C22H21ClFN3O2/c1-13(18-11-25-21(28)17-5-3-2-4-16(17)18)27(12-14-6-7-14)22(29)26-15-8-9-20(24)19(23)10-15/h2-5,8-11,13-14H,6-7,12H2,1H3,(H,25,28)(H,26,29). The van der Waals surface area contributed by atoms with E-state index >= 15 is 0 Å². The van der Waals surface area contributed by atoms with Crippen molar-refractivity contribution in [3.8, 4) is 0 Å². The Kier molecular flexibility index (Phi) is 5.28. The van der Waals surface area contributed by atoms with Crippen LogP contribution in [0.1, 0.15) is 31.4 Å². The van der Waals surface area contributed by atoms with Crippen molar-refractivity contribution in [1.82, 2.24) is 9.88 Å². The van der Waals surface area contributed by atoms with Crippen molar-refractivity contribution in [3.63, 3.8) is 0 Å². The van der Waals surface area contributed by atoms with Crippen molar-refractivity contribution in [2.24, 2.45) is 5.92 Å². The molecule has 0 spiro atoms. The number of nitrogens with one attached hydrogen (secondary N) is 2. The van der Waals surface area contributed by atoms with Gasteiger partial charge >= 0.3 is 6.03 Å². The highest BCUT2D eigenvalue weighted by molar-refractivity contribution is 6.31. The van der Waals surface area contributed by atoms with Gasteiger partial charge in [0.05, 0.1) is 11.1 Å². The molecule has 2 aromatic carbocycles. The Labute approximate surface area is 172 Å². The maximum absolute atomic E-state index is 13.4. The lowest BCUT2D eigenvalue weighted by Gasteiger charge is -2.30. The van der Waals surface area contributed by atoms with Crippen LogP contribution in [0.5, 0.6) is 0 Å². The summed E-state index contributed by atoms with van der Waals surface area (Å²) in [5.74, 6) is -0.0680. The van der Waals surface area contributed by atoms with Gasteiger partial charge in [0, 0.05) is 23.8 Å². The van der Waals surface area contributed by atoms with Crippen LogP contribution in [-0.4, -0.2) is 22.5 Å². The average Bonchev–Trinajstić information content (AvgIpc) is 3.53. The molecule has 4 rings (SSSR count). The van der Waals surface area contributed by atoms with Gasteiger partial charge in [-0.15, -0.1) is 0 Å². The highest BCUT2D eigenvalue weighted by atomic mass is 35.5. The summed E-state index contributed by atoms with van der Waals surface area (Å²) in [5.41, 5.74) is 1.14. The first-order chi connectivity index (χ1) is 13.9. The highest BCUT2D eigenvalue weighted by Gasteiger charge is 2.31. The van der Waals surface area contributed by atoms with E-state index in [-0.39, 0.29) is 22.7 Å². The number of aromatic amines is 1. The Bertz CT molecular complexity index is 1130. The number of amides is 2. The molecule has 7 heteroatoms. The SMILES string of the molecule is CC(c1c[nH]c(=O)c2ccccc12)N(CC1CC1)C(=O)Nc1ccc(F)c(Cl)c1. The van der Waals surface area contributed by atoms with Gasteiger partial charge in [-0.3, -0.25) is 4.79 Å². The van der Waals surface area contributed by atoms with Gasteiger partial charge in [-0.1, -0.05) is 29.8 Å². The van der Waals surface area contributed by atoms with E-state index < -0.39 is 5.82 Å². The van der Waals surface area contributed by atoms with Crippen LogP contribution in [0.3, 0.4) is 0 Å². The Hall–Kier alpha value is -2.86. The third-order valence-electron chi connectivity index (χ3n) is 5.34. The lowest BCUT2D eigenvalue weighted by Crippen LogP contribution is -2.38. The van der Waals surface area contributed by atoms with Crippen LogP contribution in [0, 0.1) is 11.7 Å². The number of anilines is 1. The number of pyridine rings is 1.